The van der Waals surface area contributed by atoms with Crippen molar-refractivity contribution in [3.63, 3.8) is 0 Å². The summed E-state index contributed by atoms with van der Waals surface area (Å²) in [6.45, 7) is 5.43. The molecule has 10 heteroatoms. The number of ether oxygens (including phenoxy) is 2. The molecule has 0 bridgehead atoms. The Morgan fingerprint density at radius 1 is 0.710 bits per heavy atom. The topological polar surface area (TPSA) is 98.5 Å². The fourth-order valence-electron chi connectivity index (χ4n) is 3.58. The zero-order valence-electron chi connectivity index (χ0n) is 17.1. The van der Waals surface area contributed by atoms with Gasteiger partial charge in [0, 0.05) is 38.4 Å². The van der Waals surface area contributed by atoms with Gasteiger partial charge in [-0.25, -0.2) is 4.98 Å². The normalized spacial score (nSPS) is 17.0. The molecule has 3 aromatic rings. The molecule has 0 atom stereocenters. The number of aromatic nitrogens is 5. The van der Waals surface area contributed by atoms with Crippen molar-refractivity contribution in [1.82, 2.24) is 24.5 Å². The Labute approximate surface area is 179 Å². The van der Waals surface area contributed by atoms with Crippen molar-refractivity contribution >= 4 is 11.9 Å². The number of pyridine rings is 2. The average Bonchev–Trinajstić information content (AvgIpc) is 2.85. The Bertz CT molecular complexity index is 1070. The fourth-order valence-corrected chi connectivity index (χ4v) is 3.58. The largest absolute Gasteiger partial charge is 0.378 e. The van der Waals surface area contributed by atoms with Gasteiger partial charge < -0.3 is 19.3 Å². The molecule has 0 radical (unpaired) electrons. The molecule has 2 fully saturated rings. The van der Waals surface area contributed by atoms with Gasteiger partial charge in [0.15, 0.2) is 5.82 Å². The molecule has 0 unspecified atom stereocenters. The predicted molar refractivity (Wildman–Crippen MR) is 115 cm³/mol. The molecule has 10 nitrogen and oxygen atoms in total. The number of nitrogens with zero attached hydrogens (tertiary/aromatic N) is 7. The van der Waals surface area contributed by atoms with Crippen molar-refractivity contribution in [3.8, 4) is 17.3 Å². The Morgan fingerprint density at radius 2 is 1.35 bits per heavy atom. The molecular weight excluding hydrogens is 398 g/mol. The monoisotopic (exact) mass is 421 g/mol. The standard InChI is InChI=1S/C21H23N7O3/c29-18-6-1-2-7-28(18)17-5-3-4-16(22-17)19-23-20(26-8-12-30-13-9-26)25-21(24-19)27-10-14-31-15-11-27/h1-7H,8-15H2. The van der Waals surface area contributed by atoms with Crippen LogP contribution in [0.1, 0.15) is 0 Å². The second-order valence-corrected chi connectivity index (χ2v) is 7.25. The van der Waals surface area contributed by atoms with Gasteiger partial charge in [0.1, 0.15) is 11.5 Å². The Balaban J connectivity index is 1.57. The highest BCUT2D eigenvalue weighted by Crippen LogP contribution is 2.22. The van der Waals surface area contributed by atoms with Crippen LogP contribution in [0.15, 0.2) is 47.4 Å². The Kier molecular flexibility index (Phi) is 5.55. The summed E-state index contributed by atoms with van der Waals surface area (Å²) in [5.74, 6) is 2.21. The van der Waals surface area contributed by atoms with E-state index >= 15 is 0 Å². The van der Waals surface area contributed by atoms with Gasteiger partial charge in [0.05, 0.1) is 26.4 Å². The van der Waals surface area contributed by atoms with E-state index in [0.717, 1.165) is 26.2 Å². The summed E-state index contributed by atoms with van der Waals surface area (Å²) in [4.78, 5) is 35.3. The summed E-state index contributed by atoms with van der Waals surface area (Å²) >= 11 is 0. The number of anilines is 2. The molecule has 160 valence electrons. The quantitative estimate of drug-likeness (QED) is 0.604. The summed E-state index contributed by atoms with van der Waals surface area (Å²) in [6, 6.07) is 10.5. The van der Waals surface area contributed by atoms with Crippen LogP contribution in [0.2, 0.25) is 0 Å². The molecule has 0 aliphatic carbocycles. The molecule has 2 aliphatic rings. The Morgan fingerprint density at radius 3 is 1.97 bits per heavy atom. The van der Waals surface area contributed by atoms with Crippen LogP contribution in [-0.4, -0.2) is 77.1 Å². The average molecular weight is 421 g/mol. The van der Waals surface area contributed by atoms with Crippen molar-refractivity contribution < 1.29 is 9.47 Å². The van der Waals surface area contributed by atoms with E-state index < -0.39 is 0 Å². The van der Waals surface area contributed by atoms with E-state index in [4.69, 9.17) is 24.4 Å². The van der Waals surface area contributed by atoms with Gasteiger partial charge in [-0.3, -0.25) is 9.36 Å². The lowest BCUT2D eigenvalue weighted by Crippen LogP contribution is -2.40. The van der Waals surface area contributed by atoms with Crippen LogP contribution in [0, 0.1) is 0 Å². The zero-order chi connectivity index (χ0) is 21.0. The number of hydrogen-bond acceptors (Lipinski definition) is 9. The van der Waals surface area contributed by atoms with Gasteiger partial charge in [0.25, 0.3) is 5.56 Å². The first-order chi connectivity index (χ1) is 15.3. The van der Waals surface area contributed by atoms with Crippen molar-refractivity contribution in [1.29, 1.82) is 0 Å². The smallest absolute Gasteiger partial charge is 0.256 e. The third kappa shape index (κ3) is 4.25. The second kappa shape index (κ2) is 8.78. The Hall–Kier alpha value is -3.37. The van der Waals surface area contributed by atoms with E-state index in [-0.39, 0.29) is 5.56 Å². The van der Waals surface area contributed by atoms with E-state index in [2.05, 4.69) is 14.8 Å². The van der Waals surface area contributed by atoms with E-state index in [1.807, 2.05) is 12.1 Å². The lowest BCUT2D eigenvalue weighted by molar-refractivity contribution is 0.121. The van der Waals surface area contributed by atoms with Crippen LogP contribution in [0.3, 0.4) is 0 Å². The van der Waals surface area contributed by atoms with E-state index in [1.54, 1.807) is 24.4 Å². The number of morpholine rings is 2. The van der Waals surface area contributed by atoms with Gasteiger partial charge in [0.2, 0.25) is 11.9 Å². The van der Waals surface area contributed by atoms with Crippen LogP contribution in [0.4, 0.5) is 11.9 Å². The van der Waals surface area contributed by atoms with E-state index in [0.29, 0.717) is 55.7 Å². The second-order valence-electron chi connectivity index (χ2n) is 7.25. The molecule has 5 heterocycles. The molecule has 0 N–H and O–H groups in total. The summed E-state index contributed by atoms with van der Waals surface area (Å²) in [7, 11) is 0. The first-order valence-electron chi connectivity index (χ1n) is 10.3. The first kappa shape index (κ1) is 19.6. The highest BCUT2D eigenvalue weighted by Gasteiger charge is 2.21. The minimum Gasteiger partial charge on any atom is -0.378 e. The van der Waals surface area contributed by atoms with Gasteiger partial charge in [-0.05, 0) is 18.2 Å². The van der Waals surface area contributed by atoms with Crippen molar-refractivity contribution in [3.05, 3.63) is 52.9 Å². The van der Waals surface area contributed by atoms with Gasteiger partial charge in [-0.1, -0.05) is 12.1 Å². The molecule has 5 rings (SSSR count). The first-order valence-corrected chi connectivity index (χ1v) is 10.3. The maximum Gasteiger partial charge on any atom is 0.256 e. The maximum atomic E-state index is 12.2. The molecule has 2 aliphatic heterocycles. The minimum atomic E-state index is -0.147. The minimum absolute atomic E-state index is 0.147. The maximum absolute atomic E-state index is 12.2. The highest BCUT2D eigenvalue weighted by atomic mass is 16.5. The number of rotatable bonds is 4. The SMILES string of the molecule is O=c1ccccn1-c1cccc(-c2nc(N3CCOCC3)nc(N3CCOCC3)n2)n1. The van der Waals surface area contributed by atoms with Gasteiger partial charge >= 0.3 is 0 Å². The summed E-state index contributed by atoms with van der Waals surface area (Å²) in [5, 5.41) is 0. The summed E-state index contributed by atoms with van der Waals surface area (Å²) in [5.41, 5.74) is 0.436. The van der Waals surface area contributed by atoms with Crippen molar-refractivity contribution in [2.45, 2.75) is 0 Å². The van der Waals surface area contributed by atoms with Crippen molar-refractivity contribution in [2.24, 2.45) is 0 Å². The van der Waals surface area contributed by atoms with Gasteiger partial charge in [-0.2, -0.15) is 15.0 Å². The lowest BCUT2D eigenvalue weighted by atomic mass is 10.3. The van der Waals surface area contributed by atoms with E-state index in [9.17, 15) is 4.79 Å². The molecule has 31 heavy (non-hydrogen) atoms. The van der Waals surface area contributed by atoms with Crippen LogP contribution in [0.25, 0.3) is 17.3 Å². The summed E-state index contributed by atoms with van der Waals surface area (Å²) in [6.07, 6.45) is 1.69. The molecule has 0 saturated carbocycles. The molecule has 2 saturated heterocycles. The molecule has 0 aromatic carbocycles. The fraction of sp³-hybridized carbons (Fsp3) is 0.381. The molecule has 0 amide bonds. The third-order valence-electron chi connectivity index (χ3n) is 5.23. The van der Waals surface area contributed by atoms with E-state index in [1.165, 1.54) is 10.6 Å². The molecular formula is C21H23N7O3. The van der Waals surface area contributed by atoms with Crippen molar-refractivity contribution in [2.75, 3.05) is 62.4 Å². The van der Waals surface area contributed by atoms with Crippen LogP contribution in [-0.2, 0) is 9.47 Å². The molecule has 0 spiro atoms. The number of hydrogen-bond donors (Lipinski definition) is 0. The lowest BCUT2D eigenvalue weighted by Gasteiger charge is -2.30. The highest BCUT2D eigenvalue weighted by molar-refractivity contribution is 5.56. The van der Waals surface area contributed by atoms with Gasteiger partial charge in [-0.15, -0.1) is 0 Å². The van der Waals surface area contributed by atoms with Crippen LogP contribution in [0.5, 0.6) is 0 Å². The third-order valence-corrected chi connectivity index (χ3v) is 5.23. The summed E-state index contributed by atoms with van der Waals surface area (Å²) < 4.78 is 12.4. The van der Waals surface area contributed by atoms with Crippen LogP contribution < -0.4 is 15.4 Å². The zero-order valence-corrected chi connectivity index (χ0v) is 17.1. The molecule has 3 aromatic heterocycles. The predicted octanol–water partition coefficient (Wildman–Crippen LogP) is 0.758. The van der Waals surface area contributed by atoms with Crippen LogP contribution >= 0.6 is 0 Å².